The van der Waals surface area contributed by atoms with E-state index in [1.165, 1.54) is 32.4 Å². The van der Waals surface area contributed by atoms with E-state index in [1.807, 2.05) is 30.3 Å². The van der Waals surface area contributed by atoms with Crippen molar-refractivity contribution in [2.45, 2.75) is 75.0 Å². The Bertz CT molecular complexity index is 1930. The van der Waals surface area contributed by atoms with Gasteiger partial charge in [0, 0.05) is 55.6 Å². The number of fused-ring (bicyclic) bond motifs is 3. The molecule has 1 saturated heterocycles. The van der Waals surface area contributed by atoms with E-state index in [1.54, 1.807) is 11.8 Å². The van der Waals surface area contributed by atoms with Crippen LogP contribution in [0.3, 0.4) is 0 Å². The summed E-state index contributed by atoms with van der Waals surface area (Å²) in [4.78, 5) is 42.6. The van der Waals surface area contributed by atoms with Crippen LogP contribution in [-0.4, -0.2) is 111 Å². The molecule has 3 aromatic rings. The zero-order valence-corrected chi connectivity index (χ0v) is 28.8. The third-order valence-corrected chi connectivity index (χ3v) is 10.2. The molecule has 3 aromatic carbocycles. The SMILES string of the molecule is COCC(C#N)N(Cc1ccccc1)C1CC(O[C@H]2C[C@](O)(C(=O)CO)Cc3c(O)c4c(c(O)c32)C(=O)c2c(OC)cccc2C4=O)OC(C)C1O. The summed E-state index contributed by atoms with van der Waals surface area (Å²) < 4.78 is 23.1. The number of aliphatic hydroxyl groups excluding tert-OH is 2. The van der Waals surface area contributed by atoms with Crippen molar-refractivity contribution in [1.82, 2.24) is 4.90 Å². The molecule has 0 bridgehead atoms. The molecule has 14 nitrogen and oxygen atoms in total. The number of aromatic hydroxyl groups is 2. The number of aliphatic hydroxyl groups is 3. The topological polar surface area (TPSA) is 216 Å². The maximum atomic E-state index is 14.0. The number of carbonyl (C=O) groups is 3. The molecule has 0 spiro atoms. The van der Waals surface area contributed by atoms with Crippen molar-refractivity contribution in [2.75, 3.05) is 27.4 Å². The second-order valence-electron chi connectivity index (χ2n) is 13.3. The van der Waals surface area contributed by atoms with E-state index in [0.717, 1.165) is 5.56 Å². The van der Waals surface area contributed by atoms with Gasteiger partial charge in [0.05, 0.1) is 54.8 Å². The van der Waals surface area contributed by atoms with E-state index < -0.39 is 102 Å². The first-order valence-corrected chi connectivity index (χ1v) is 16.8. The molecular weight excluding hydrogens is 676 g/mol. The minimum atomic E-state index is -2.32. The van der Waals surface area contributed by atoms with Crippen LogP contribution in [0.1, 0.15) is 74.4 Å². The number of methoxy groups -OCH3 is 2. The van der Waals surface area contributed by atoms with Crippen LogP contribution in [-0.2, 0) is 32.0 Å². The second-order valence-corrected chi connectivity index (χ2v) is 13.3. The highest BCUT2D eigenvalue weighted by Gasteiger charge is 2.51. The van der Waals surface area contributed by atoms with Gasteiger partial charge in [-0.2, -0.15) is 5.26 Å². The van der Waals surface area contributed by atoms with Gasteiger partial charge in [-0.15, -0.1) is 0 Å². The molecule has 5 N–H and O–H groups in total. The summed E-state index contributed by atoms with van der Waals surface area (Å²) in [5.41, 5.74) is -3.03. The number of phenolic OH excluding ortho intramolecular Hbond substituents is 2. The number of hydrogen-bond acceptors (Lipinski definition) is 14. The summed E-state index contributed by atoms with van der Waals surface area (Å²) in [6, 6.07) is 14.4. The molecule has 0 aromatic heterocycles. The Labute approximate surface area is 299 Å². The molecule has 1 heterocycles. The Morgan fingerprint density at radius 2 is 1.77 bits per heavy atom. The van der Waals surface area contributed by atoms with E-state index in [2.05, 4.69) is 6.07 Å². The molecule has 6 rings (SSSR count). The number of hydrogen-bond donors (Lipinski definition) is 5. The maximum absolute atomic E-state index is 14.0. The largest absolute Gasteiger partial charge is 0.507 e. The number of rotatable bonds is 11. The monoisotopic (exact) mass is 716 g/mol. The van der Waals surface area contributed by atoms with Gasteiger partial charge in [-0.25, -0.2) is 0 Å². The van der Waals surface area contributed by atoms with Crippen molar-refractivity contribution in [1.29, 1.82) is 5.26 Å². The second kappa shape index (κ2) is 14.7. The molecule has 52 heavy (non-hydrogen) atoms. The fraction of sp³-hybridized carbons (Fsp3) is 0.421. The molecule has 1 fully saturated rings. The van der Waals surface area contributed by atoms with Crippen LogP contribution in [0.5, 0.6) is 17.2 Å². The highest BCUT2D eigenvalue weighted by molar-refractivity contribution is 6.31. The van der Waals surface area contributed by atoms with Gasteiger partial charge in [-0.05, 0) is 18.6 Å². The van der Waals surface area contributed by atoms with Gasteiger partial charge in [0.25, 0.3) is 0 Å². The molecule has 7 atom stereocenters. The predicted octanol–water partition coefficient (Wildman–Crippen LogP) is 2.08. The van der Waals surface area contributed by atoms with Crippen LogP contribution < -0.4 is 4.74 Å². The molecule has 14 heteroatoms. The summed E-state index contributed by atoms with van der Waals surface area (Å²) >= 11 is 0. The number of benzene rings is 3. The minimum absolute atomic E-state index is 0.0263. The lowest BCUT2D eigenvalue weighted by molar-refractivity contribution is -0.260. The van der Waals surface area contributed by atoms with Crippen molar-refractivity contribution in [3.05, 3.63) is 87.5 Å². The smallest absolute Gasteiger partial charge is 0.202 e. The van der Waals surface area contributed by atoms with E-state index in [4.69, 9.17) is 18.9 Å². The molecule has 0 radical (unpaired) electrons. The zero-order valence-electron chi connectivity index (χ0n) is 28.8. The van der Waals surface area contributed by atoms with Gasteiger partial charge >= 0.3 is 0 Å². The number of Topliss-reactive ketones (excluding diaryl/α,β-unsaturated/α-hetero) is 1. The standard InChI is InChI=1S/C38H40N2O12/c1-19-33(43)24(40(21(15-39)18-49-2)16-20-8-5-4-6-9-20)12-28(51-19)52-26-14-38(48,27(42)17-41)13-23-30(26)37(47)32-31(35(23)45)34(44)22-10-7-11-25(50-3)29(22)36(32)46/h4-11,19,21,24,26,28,33,41,43,45,47-48H,12-14,16-18H2,1-3H3/t19?,21?,24?,26-,28?,33?,38-/m0/s1. The summed E-state index contributed by atoms with van der Waals surface area (Å²) in [7, 11) is 2.78. The van der Waals surface area contributed by atoms with E-state index in [0.29, 0.717) is 0 Å². The number of phenols is 2. The molecule has 274 valence electrons. The van der Waals surface area contributed by atoms with Gasteiger partial charge < -0.3 is 44.5 Å². The third kappa shape index (κ3) is 6.35. The first kappa shape index (κ1) is 37.1. The molecule has 5 unspecified atom stereocenters. The Balaban J connectivity index is 1.43. The molecular formula is C38H40N2O12. The Kier molecular flexibility index (Phi) is 10.5. The van der Waals surface area contributed by atoms with E-state index in [-0.39, 0.29) is 47.6 Å². The zero-order chi connectivity index (χ0) is 37.5. The fourth-order valence-corrected chi connectivity index (χ4v) is 7.64. The van der Waals surface area contributed by atoms with Gasteiger partial charge in [0.15, 0.2) is 17.9 Å². The summed E-state index contributed by atoms with van der Waals surface area (Å²) in [5.74, 6) is -3.95. The number of nitriles is 1. The lowest BCUT2D eigenvalue weighted by Crippen LogP contribution is -2.58. The van der Waals surface area contributed by atoms with Gasteiger partial charge in [-0.3, -0.25) is 19.3 Å². The normalized spacial score (nSPS) is 25.8. The van der Waals surface area contributed by atoms with Crippen molar-refractivity contribution in [3.63, 3.8) is 0 Å². The highest BCUT2D eigenvalue weighted by atomic mass is 16.7. The molecule has 3 aliphatic rings. The van der Waals surface area contributed by atoms with Gasteiger partial charge in [-0.1, -0.05) is 42.5 Å². The number of carbonyl (C=O) groups excluding carboxylic acids is 3. The van der Waals surface area contributed by atoms with Crippen LogP contribution in [0, 0.1) is 11.3 Å². The fourth-order valence-electron chi connectivity index (χ4n) is 7.64. The maximum Gasteiger partial charge on any atom is 0.202 e. The van der Waals surface area contributed by atoms with Crippen molar-refractivity contribution < 1.29 is 58.9 Å². The number of nitrogens with zero attached hydrogens (tertiary/aromatic N) is 2. The Hall–Kier alpha value is -4.72. The summed E-state index contributed by atoms with van der Waals surface area (Å²) in [6.07, 6.45) is -5.79. The lowest BCUT2D eigenvalue weighted by atomic mass is 9.72. The first-order valence-electron chi connectivity index (χ1n) is 16.8. The van der Waals surface area contributed by atoms with Crippen molar-refractivity contribution in [3.8, 4) is 23.3 Å². The Morgan fingerprint density at radius 1 is 1.06 bits per heavy atom. The Morgan fingerprint density at radius 3 is 2.42 bits per heavy atom. The number of ketones is 3. The van der Waals surface area contributed by atoms with Crippen LogP contribution >= 0.6 is 0 Å². The van der Waals surface area contributed by atoms with E-state index in [9.17, 15) is 45.2 Å². The average molecular weight is 717 g/mol. The predicted molar refractivity (Wildman–Crippen MR) is 181 cm³/mol. The summed E-state index contributed by atoms with van der Waals surface area (Å²) in [6.45, 7) is 0.831. The lowest BCUT2D eigenvalue weighted by Gasteiger charge is -2.46. The first-order chi connectivity index (χ1) is 24.9. The molecule has 0 amide bonds. The van der Waals surface area contributed by atoms with Crippen molar-refractivity contribution in [2.24, 2.45) is 0 Å². The van der Waals surface area contributed by atoms with E-state index >= 15 is 0 Å². The summed E-state index contributed by atoms with van der Waals surface area (Å²) in [5, 5.41) is 66.5. The third-order valence-electron chi connectivity index (χ3n) is 10.2. The van der Waals surface area contributed by atoms with Crippen molar-refractivity contribution >= 4 is 17.3 Å². The van der Waals surface area contributed by atoms with Gasteiger partial charge in [0.1, 0.15) is 35.5 Å². The van der Waals surface area contributed by atoms with Crippen LogP contribution in [0.4, 0.5) is 0 Å². The average Bonchev–Trinajstić information content (AvgIpc) is 3.14. The minimum Gasteiger partial charge on any atom is -0.507 e. The molecule has 2 aliphatic carbocycles. The van der Waals surface area contributed by atoms with Crippen LogP contribution in [0.15, 0.2) is 48.5 Å². The molecule has 0 saturated carbocycles. The highest BCUT2D eigenvalue weighted by Crippen LogP contribution is 2.52. The van der Waals surface area contributed by atoms with Gasteiger partial charge in [0.2, 0.25) is 5.78 Å². The molecule has 1 aliphatic heterocycles. The number of ether oxygens (including phenoxy) is 4. The van der Waals surface area contributed by atoms with Crippen LogP contribution in [0.25, 0.3) is 0 Å². The van der Waals surface area contributed by atoms with Crippen LogP contribution in [0.2, 0.25) is 0 Å². The quantitative estimate of drug-likeness (QED) is 0.141.